The second kappa shape index (κ2) is 10.5. The van der Waals surface area contributed by atoms with Crippen LogP contribution in [0.3, 0.4) is 0 Å². The van der Waals surface area contributed by atoms with Gasteiger partial charge in [-0.1, -0.05) is 36.7 Å². The Hall–Kier alpha value is -2.74. The largest absolute Gasteiger partial charge is 0.389 e. The molecule has 3 rings (SSSR count). The van der Waals surface area contributed by atoms with Crippen molar-refractivity contribution in [3.8, 4) is 11.1 Å². The van der Waals surface area contributed by atoms with Crippen molar-refractivity contribution in [2.24, 2.45) is 0 Å². The molecule has 2 aromatic heterocycles. The molecule has 2 heterocycles. The molecule has 1 N–H and O–H groups in total. The van der Waals surface area contributed by atoms with Gasteiger partial charge in [-0.2, -0.15) is 13.2 Å². The number of imidazole rings is 1. The second-order valence-electron chi connectivity index (χ2n) is 8.02. The first-order valence-electron chi connectivity index (χ1n) is 11.0. The zero-order chi connectivity index (χ0) is 24.2. The van der Waals surface area contributed by atoms with Gasteiger partial charge in [0.15, 0.2) is 0 Å². The molecule has 0 aliphatic rings. The van der Waals surface area contributed by atoms with Crippen LogP contribution in [0.2, 0.25) is 5.02 Å². The van der Waals surface area contributed by atoms with Crippen LogP contribution in [0.1, 0.15) is 51.6 Å². The van der Waals surface area contributed by atoms with E-state index in [9.17, 15) is 18.0 Å². The number of nitrogens with one attached hydrogen (secondary N) is 1. The molecule has 2 atom stereocenters. The lowest BCUT2D eigenvalue weighted by atomic mass is 10.00. The van der Waals surface area contributed by atoms with E-state index < -0.39 is 18.6 Å². The van der Waals surface area contributed by atoms with E-state index in [1.165, 1.54) is 0 Å². The Labute approximate surface area is 196 Å². The number of aromatic nitrogens is 2. The van der Waals surface area contributed by atoms with E-state index in [-0.39, 0.29) is 18.5 Å². The number of fused-ring (bicyclic) bond motifs is 1. The fourth-order valence-electron chi connectivity index (χ4n) is 3.86. The highest BCUT2D eigenvalue weighted by atomic mass is 35.5. The minimum absolute atomic E-state index is 0.137. The van der Waals surface area contributed by atoms with Crippen LogP contribution in [0.4, 0.5) is 18.0 Å². The van der Waals surface area contributed by atoms with Crippen LogP contribution < -0.4 is 5.32 Å². The molecule has 0 saturated carbocycles. The van der Waals surface area contributed by atoms with Crippen molar-refractivity contribution in [3.63, 3.8) is 0 Å². The van der Waals surface area contributed by atoms with Gasteiger partial charge in [-0.05, 0) is 43.9 Å². The predicted octanol–water partition coefficient (Wildman–Crippen LogP) is 6.87. The zero-order valence-electron chi connectivity index (χ0n) is 18.9. The Morgan fingerprint density at radius 3 is 2.70 bits per heavy atom. The van der Waals surface area contributed by atoms with Crippen molar-refractivity contribution in [1.82, 2.24) is 19.6 Å². The highest BCUT2D eigenvalue weighted by molar-refractivity contribution is 6.33. The van der Waals surface area contributed by atoms with Crippen LogP contribution in [-0.2, 0) is 0 Å². The van der Waals surface area contributed by atoms with Crippen molar-refractivity contribution in [1.29, 1.82) is 0 Å². The number of amides is 2. The van der Waals surface area contributed by atoms with Gasteiger partial charge in [0.05, 0.1) is 11.1 Å². The minimum Gasteiger partial charge on any atom is -0.335 e. The van der Waals surface area contributed by atoms with E-state index in [2.05, 4.69) is 10.3 Å². The molecule has 0 radical (unpaired) electrons. The molecule has 0 fully saturated rings. The van der Waals surface area contributed by atoms with E-state index in [0.29, 0.717) is 18.0 Å². The van der Waals surface area contributed by atoms with E-state index in [4.69, 9.17) is 11.6 Å². The molecule has 5 nitrogen and oxygen atoms in total. The maximum absolute atomic E-state index is 12.9. The molecule has 33 heavy (non-hydrogen) atoms. The first-order chi connectivity index (χ1) is 15.6. The lowest BCUT2D eigenvalue weighted by Gasteiger charge is -2.31. The summed E-state index contributed by atoms with van der Waals surface area (Å²) in [6.45, 7) is 5.93. The summed E-state index contributed by atoms with van der Waals surface area (Å²) in [5.41, 5.74) is 3.38. The number of hydrogen-bond donors (Lipinski definition) is 1. The average molecular weight is 481 g/mol. The van der Waals surface area contributed by atoms with Crippen LogP contribution in [0.5, 0.6) is 0 Å². The molecule has 0 unspecified atom stereocenters. The fraction of sp³-hybridized carbons (Fsp3) is 0.417. The Balaban J connectivity index is 1.79. The first-order valence-corrected chi connectivity index (χ1v) is 11.4. The van der Waals surface area contributed by atoms with Gasteiger partial charge in [-0.3, -0.25) is 0 Å². The molecule has 0 saturated heterocycles. The number of benzene rings is 1. The number of urea groups is 1. The second-order valence-corrected chi connectivity index (χ2v) is 8.43. The van der Waals surface area contributed by atoms with Crippen LogP contribution >= 0.6 is 11.6 Å². The van der Waals surface area contributed by atoms with Gasteiger partial charge in [0, 0.05) is 49.2 Å². The van der Waals surface area contributed by atoms with E-state index in [0.717, 1.165) is 22.3 Å². The summed E-state index contributed by atoms with van der Waals surface area (Å²) in [7, 11) is 0. The molecular weight excluding hydrogens is 453 g/mol. The molecular formula is C24H28ClF3N4O. The van der Waals surface area contributed by atoms with Crippen molar-refractivity contribution in [2.75, 3.05) is 6.54 Å². The van der Waals surface area contributed by atoms with Crippen LogP contribution in [0.15, 0.2) is 48.9 Å². The van der Waals surface area contributed by atoms with Gasteiger partial charge in [-0.25, -0.2) is 9.78 Å². The average Bonchev–Trinajstić information content (AvgIpc) is 3.23. The molecule has 2 amide bonds. The Morgan fingerprint density at radius 1 is 1.27 bits per heavy atom. The number of nitrogens with zero attached hydrogens (tertiary/aromatic N) is 3. The van der Waals surface area contributed by atoms with Gasteiger partial charge < -0.3 is 14.6 Å². The van der Waals surface area contributed by atoms with E-state index in [1.54, 1.807) is 24.1 Å². The monoisotopic (exact) mass is 480 g/mol. The molecule has 0 aliphatic carbocycles. The number of hydrogen-bond acceptors (Lipinski definition) is 2. The summed E-state index contributed by atoms with van der Waals surface area (Å²) in [4.78, 5) is 18.8. The normalized spacial score (nSPS) is 13.7. The Kier molecular flexibility index (Phi) is 7.89. The summed E-state index contributed by atoms with van der Waals surface area (Å²) in [5, 5.41) is 3.34. The van der Waals surface area contributed by atoms with Crippen molar-refractivity contribution >= 4 is 23.3 Å². The maximum atomic E-state index is 12.9. The van der Waals surface area contributed by atoms with Gasteiger partial charge in [0.2, 0.25) is 0 Å². The smallest absolute Gasteiger partial charge is 0.335 e. The van der Waals surface area contributed by atoms with Gasteiger partial charge in [0.1, 0.15) is 5.65 Å². The first kappa shape index (κ1) is 24.9. The summed E-state index contributed by atoms with van der Waals surface area (Å²) < 4.78 is 39.7. The third kappa shape index (κ3) is 6.19. The van der Waals surface area contributed by atoms with E-state index >= 15 is 0 Å². The number of carbonyl (C=O) groups excluding carboxylic acids is 1. The van der Waals surface area contributed by atoms with Gasteiger partial charge in [0.25, 0.3) is 0 Å². The van der Waals surface area contributed by atoms with Crippen molar-refractivity contribution < 1.29 is 18.0 Å². The third-order valence-corrected chi connectivity index (χ3v) is 6.14. The lowest BCUT2D eigenvalue weighted by Crippen LogP contribution is -2.45. The number of carbonyl (C=O) groups is 1. The molecule has 0 bridgehead atoms. The summed E-state index contributed by atoms with van der Waals surface area (Å²) >= 11 is 6.49. The third-order valence-electron chi connectivity index (χ3n) is 5.83. The van der Waals surface area contributed by atoms with Gasteiger partial charge in [-0.15, -0.1) is 0 Å². The summed E-state index contributed by atoms with van der Waals surface area (Å²) in [6, 6.07) is 8.35. The zero-order valence-corrected chi connectivity index (χ0v) is 19.6. The highest BCUT2D eigenvalue weighted by Gasteiger charge is 2.29. The minimum atomic E-state index is -4.24. The van der Waals surface area contributed by atoms with Gasteiger partial charge >= 0.3 is 12.2 Å². The van der Waals surface area contributed by atoms with Crippen molar-refractivity contribution in [2.45, 2.75) is 58.3 Å². The predicted molar refractivity (Wildman–Crippen MR) is 124 cm³/mol. The SMILES string of the molecule is CC[C@H](CCC(F)(F)F)NC(=O)N(CC)[C@H](C)c1cccc(-c2cn3ccnc3cc2Cl)c1. The molecule has 9 heteroatoms. The molecule has 0 aliphatic heterocycles. The fourth-order valence-corrected chi connectivity index (χ4v) is 4.12. The topological polar surface area (TPSA) is 49.6 Å². The number of pyridine rings is 1. The standard InChI is InChI=1S/C24H28ClF3N4O/c1-4-19(9-10-24(26,27)28)30-23(33)32(5-2)16(3)17-7-6-8-18(13-17)20-15-31-12-11-29-22(31)14-21(20)25/h6-8,11-16,19H,4-5,9-10H2,1-3H3,(H,30,33)/t16-,19-/m1/s1. The number of halogens is 4. The summed E-state index contributed by atoms with van der Waals surface area (Å²) in [5.74, 6) is 0. The van der Waals surface area contributed by atoms with Crippen LogP contribution in [0, 0.1) is 0 Å². The van der Waals surface area contributed by atoms with Crippen LogP contribution in [-0.4, -0.2) is 39.1 Å². The van der Waals surface area contributed by atoms with Crippen LogP contribution in [0.25, 0.3) is 16.8 Å². The molecule has 1 aromatic carbocycles. The number of alkyl halides is 3. The Morgan fingerprint density at radius 2 is 2.03 bits per heavy atom. The molecule has 178 valence electrons. The molecule has 3 aromatic rings. The highest BCUT2D eigenvalue weighted by Crippen LogP contribution is 2.32. The lowest BCUT2D eigenvalue weighted by molar-refractivity contribution is -0.136. The van der Waals surface area contributed by atoms with Crippen molar-refractivity contribution in [3.05, 3.63) is 59.5 Å². The molecule has 0 spiro atoms. The number of rotatable bonds is 8. The quantitative estimate of drug-likeness (QED) is 0.382. The summed E-state index contributed by atoms with van der Waals surface area (Å²) in [6.07, 6.45) is 0.582. The maximum Gasteiger partial charge on any atom is 0.389 e. The Bertz CT molecular complexity index is 1100. The van der Waals surface area contributed by atoms with E-state index in [1.807, 2.05) is 54.9 Å².